The normalized spacial score (nSPS) is 12.8. The second-order valence-corrected chi connectivity index (χ2v) is 5.48. The molecule has 1 aromatic rings. The number of hydrogen-bond donors (Lipinski definition) is 1. The molecule has 0 fully saturated rings. The molecule has 0 aliphatic rings. The van der Waals surface area contributed by atoms with Gasteiger partial charge in [-0.05, 0) is 31.7 Å². The molecule has 4 heteroatoms. The molecule has 2 nitrogen and oxygen atoms in total. The fraction of sp³-hybridized carbons (Fsp3) is 0.625. The zero-order valence-corrected chi connectivity index (χ0v) is 12.8. The van der Waals surface area contributed by atoms with Gasteiger partial charge in [-0.3, -0.25) is 0 Å². The third kappa shape index (κ3) is 4.75. The Morgan fingerprint density at radius 3 is 2.20 bits per heavy atom. The van der Waals surface area contributed by atoms with Gasteiger partial charge in [0, 0.05) is 23.7 Å². The van der Waals surface area contributed by atoms with Gasteiger partial charge < -0.3 is 10.1 Å². The zero-order chi connectivity index (χ0) is 15.1. The van der Waals surface area contributed by atoms with Crippen molar-refractivity contribution < 1.29 is 13.5 Å². The first-order chi connectivity index (χ1) is 9.49. The van der Waals surface area contributed by atoms with E-state index >= 15 is 0 Å². The minimum atomic E-state index is -0.542. The van der Waals surface area contributed by atoms with E-state index in [-0.39, 0.29) is 17.4 Å². The van der Waals surface area contributed by atoms with Crippen LogP contribution in [-0.4, -0.2) is 13.7 Å². The highest BCUT2D eigenvalue weighted by atomic mass is 19.1. The Kier molecular flexibility index (Phi) is 6.93. The van der Waals surface area contributed by atoms with Gasteiger partial charge in [-0.15, -0.1) is 0 Å². The van der Waals surface area contributed by atoms with Gasteiger partial charge in [-0.2, -0.15) is 0 Å². The van der Waals surface area contributed by atoms with Crippen LogP contribution in [0.25, 0.3) is 0 Å². The second-order valence-electron chi connectivity index (χ2n) is 5.48. The molecule has 0 spiro atoms. The van der Waals surface area contributed by atoms with Crippen molar-refractivity contribution in [1.82, 2.24) is 5.32 Å². The van der Waals surface area contributed by atoms with E-state index in [1.165, 1.54) is 19.2 Å². The number of rotatable bonds is 8. The van der Waals surface area contributed by atoms with Crippen molar-refractivity contribution >= 4 is 0 Å². The SMILES string of the molecule is CCCNC(CCC(C)C)c1c(F)cc(OC)cc1F. The summed E-state index contributed by atoms with van der Waals surface area (Å²) in [6.07, 6.45) is 2.57. The molecule has 0 heterocycles. The third-order valence-corrected chi connectivity index (χ3v) is 3.31. The summed E-state index contributed by atoms with van der Waals surface area (Å²) in [6, 6.07) is 2.20. The molecule has 0 bridgehead atoms. The number of hydrogen-bond acceptors (Lipinski definition) is 2. The molecule has 20 heavy (non-hydrogen) atoms. The predicted octanol–water partition coefficient (Wildman–Crippen LogP) is 4.45. The largest absolute Gasteiger partial charge is 0.497 e. The fourth-order valence-corrected chi connectivity index (χ4v) is 2.18. The monoisotopic (exact) mass is 285 g/mol. The summed E-state index contributed by atoms with van der Waals surface area (Å²) in [5, 5.41) is 3.24. The van der Waals surface area contributed by atoms with Crippen molar-refractivity contribution in [1.29, 1.82) is 0 Å². The van der Waals surface area contributed by atoms with Crippen molar-refractivity contribution in [2.75, 3.05) is 13.7 Å². The van der Waals surface area contributed by atoms with E-state index < -0.39 is 11.6 Å². The molecule has 0 amide bonds. The summed E-state index contributed by atoms with van der Waals surface area (Å²) in [7, 11) is 1.40. The van der Waals surface area contributed by atoms with Crippen LogP contribution in [0.2, 0.25) is 0 Å². The first-order valence-corrected chi connectivity index (χ1v) is 7.25. The van der Waals surface area contributed by atoms with Gasteiger partial charge in [-0.25, -0.2) is 8.78 Å². The Morgan fingerprint density at radius 2 is 1.75 bits per heavy atom. The number of benzene rings is 1. The van der Waals surface area contributed by atoms with Crippen LogP contribution in [0, 0.1) is 17.6 Å². The first-order valence-electron chi connectivity index (χ1n) is 7.25. The van der Waals surface area contributed by atoms with Crippen molar-refractivity contribution in [2.45, 2.75) is 46.1 Å². The van der Waals surface area contributed by atoms with Crippen LogP contribution in [-0.2, 0) is 0 Å². The highest BCUT2D eigenvalue weighted by molar-refractivity contribution is 5.32. The maximum atomic E-state index is 14.1. The lowest BCUT2D eigenvalue weighted by Crippen LogP contribution is -2.24. The average molecular weight is 285 g/mol. The Labute approximate surface area is 120 Å². The summed E-state index contributed by atoms with van der Waals surface area (Å²) in [6.45, 7) is 7.00. The van der Waals surface area contributed by atoms with Crippen molar-refractivity contribution in [3.8, 4) is 5.75 Å². The van der Waals surface area contributed by atoms with E-state index in [1.807, 2.05) is 6.92 Å². The Morgan fingerprint density at radius 1 is 1.15 bits per heavy atom. The van der Waals surface area contributed by atoms with Gasteiger partial charge in [0.25, 0.3) is 0 Å². The van der Waals surface area contributed by atoms with E-state index in [4.69, 9.17) is 4.74 Å². The minimum Gasteiger partial charge on any atom is -0.497 e. The van der Waals surface area contributed by atoms with E-state index in [2.05, 4.69) is 19.2 Å². The molecule has 1 N–H and O–H groups in total. The number of nitrogens with one attached hydrogen (secondary N) is 1. The minimum absolute atomic E-state index is 0.125. The van der Waals surface area contributed by atoms with Crippen LogP contribution in [0.5, 0.6) is 5.75 Å². The lowest BCUT2D eigenvalue weighted by Gasteiger charge is -2.21. The van der Waals surface area contributed by atoms with Crippen LogP contribution in [0.1, 0.15) is 51.6 Å². The molecule has 1 unspecified atom stereocenters. The summed E-state index contributed by atoms with van der Waals surface area (Å²) >= 11 is 0. The molecular weight excluding hydrogens is 260 g/mol. The smallest absolute Gasteiger partial charge is 0.134 e. The number of ether oxygens (including phenoxy) is 1. The van der Waals surface area contributed by atoms with Crippen LogP contribution in [0.4, 0.5) is 8.78 Å². The maximum absolute atomic E-state index is 14.1. The molecule has 0 aliphatic heterocycles. The van der Waals surface area contributed by atoms with Crippen LogP contribution >= 0.6 is 0 Å². The fourth-order valence-electron chi connectivity index (χ4n) is 2.18. The summed E-state index contributed by atoms with van der Waals surface area (Å²) < 4.78 is 33.2. The average Bonchev–Trinajstić information content (AvgIpc) is 2.39. The molecule has 1 atom stereocenters. The molecule has 0 saturated carbocycles. The van der Waals surface area contributed by atoms with E-state index in [0.717, 1.165) is 25.8 Å². The third-order valence-electron chi connectivity index (χ3n) is 3.31. The molecule has 0 aromatic heterocycles. The quantitative estimate of drug-likeness (QED) is 0.762. The highest BCUT2D eigenvalue weighted by Gasteiger charge is 2.21. The van der Waals surface area contributed by atoms with Crippen molar-refractivity contribution in [3.05, 3.63) is 29.3 Å². The lowest BCUT2D eigenvalue weighted by atomic mass is 9.96. The molecule has 0 radical (unpaired) electrons. The summed E-state index contributed by atoms with van der Waals surface area (Å²) in [5.74, 6) is -0.370. The van der Waals surface area contributed by atoms with E-state index in [0.29, 0.717) is 5.92 Å². The van der Waals surface area contributed by atoms with Gasteiger partial charge in [0.15, 0.2) is 0 Å². The topological polar surface area (TPSA) is 21.3 Å². The number of methoxy groups -OCH3 is 1. The van der Waals surface area contributed by atoms with Gasteiger partial charge in [0.2, 0.25) is 0 Å². The molecular formula is C16H25F2NO. The summed E-state index contributed by atoms with van der Waals surface area (Å²) in [4.78, 5) is 0. The van der Waals surface area contributed by atoms with Crippen molar-refractivity contribution in [2.24, 2.45) is 5.92 Å². The van der Waals surface area contributed by atoms with Gasteiger partial charge >= 0.3 is 0 Å². The molecule has 1 rings (SSSR count). The van der Waals surface area contributed by atoms with Gasteiger partial charge in [-0.1, -0.05) is 20.8 Å². The van der Waals surface area contributed by atoms with E-state index in [1.54, 1.807) is 0 Å². The van der Waals surface area contributed by atoms with Crippen molar-refractivity contribution in [3.63, 3.8) is 0 Å². The highest BCUT2D eigenvalue weighted by Crippen LogP contribution is 2.29. The van der Waals surface area contributed by atoms with Crippen LogP contribution in [0.3, 0.4) is 0 Å². The summed E-state index contributed by atoms with van der Waals surface area (Å²) in [5.41, 5.74) is 0.125. The number of halogens is 2. The molecule has 114 valence electrons. The van der Waals surface area contributed by atoms with E-state index in [9.17, 15) is 8.78 Å². The molecule has 1 aromatic carbocycles. The molecule has 0 saturated heterocycles. The van der Waals surface area contributed by atoms with Crippen LogP contribution < -0.4 is 10.1 Å². The maximum Gasteiger partial charge on any atom is 0.134 e. The van der Waals surface area contributed by atoms with Gasteiger partial charge in [0.1, 0.15) is 17.4 Å². The standard InChI is InChI=1S/C16H25F2NO/c1-5-8-19-15(7-6-11(2)3)16-13(17)9-12(20-4)10-14(16)18/h9-11,15,19H,5-8H2,1-4H3. The first kappa shape index (κ1) is 16.9. The Balaban J connectivity index is 2.99. The predicted molar refractivity (Wildman–Crippen MR) is 78.0 cm³/mol. The van der Waals surface area contributed by atoms with Crippen LogP contribution in [0.15, 0.2) is 12.1 Å². The lowest BCUT2D eigenvalue weighted by molar-refractivity contribution is 0.390. The second kappa shape index (κ2) is 8.20. The molecule has 0 aliphatic carbocycles. The Bertz CT molecular complexity index is 398. The van der Waals surface area contributed by atoms with Gasteiger partial charge in [0.05, 0.1) is 7.11 Å². The zero-order valence-electron chi connectivity index (χ0n) is 12.8. The Hall–Kier alpha value is -1.16.